The van der Waals surface area contributed by atoms with Crippen molar-refractivity contribution >= 4 is 28.7 Å². The van der Waals surface area contributed by atoms with E-state index < -0.39 is 23.1 Å². The molecule has 1 unspecified atom stereocenters. The number of benzene rings is 2. The number of rotatable bonds is 16. The standard InChI is InChI=1S/C32H41N3O4S2/c1-24(2)22-35(41(38)28-11-12-31-26(21-28)13-17-39-31)23-30(36)29(20-25-8-4-3-5-9-25)34-32(37)15-19-40-18-14-27-10-6-7-16-33-27/h3-12,16,21,24,29-30,36H,13-15,17-20,22-23H2,1-2H3,(H,34,37)/t29-,30+,41?/m0/s1. The van der Waals surface area contributed by atoms with Crippen LogP contribution >= 0.6 is 11.8 Å². The number of ether oxygens (including phenoxy) is 1. The fraction of sp³-hybridized carbons (Fsp3) is 0.438. The first-order chi connectivity index (χ1) is 19.9. The van der Waals surface area contributed by atoms with Gasteiger partial charge in [-0.15, -0.1) is 0 Å². The smallest absolute Gasteiger partial charge is 0.221 e. The van der Waals surface area contributed by atoms with Gasteiger partial charge >= 0.3 is 0 Å². The van der Waals surface area contributed by atoms with Crippen molar-refractivity contribution in [3.05, 3.63) is 89.7 Å². The summed E-state index contributed by atoms with van der Waals surface area (Å²) < 4.78 is 21.2. The summed E-state index contributed by atoms with van der Waals surface area (Å²) >= 11 is 1.72. The van der Waals surface area contributed by atoms with E-state index in [0.717, 1.165) is 41.2 Å². The molecule has 1 aliphatic rings. The highest BCUT2D eigenvalue weighted by molar-refractivity contribution is 7.99. The maximum Gasteiger partial charge on any atom is 0.221 e. The predicted molar refractivity (Wildman–Crippen MR) is 166 cm³/mol. The molecule has 0 saturated heterocycles. The number of fused-ring (bicyclic) bond motifs is 1. The number of nitrogens with one attached hydrogen (secondary N) is 1. The normalized spacial score (nSPS) is 14.9. The minimum atomic E-state index is -1.46. The Hall–Kier alpha value is -2.72. The zero-order valence-corrected chi connectivity index (χ0v) is 25.5. The number of nitrogens with zero attached hydrogens (tertiary/aromatic N) is 2. The third kappa shape index (κ3) is 9.95. The number of aliphatic hydroxyl groups is 1. The Morgan fingerprint density at radius 3 is 2.66 bits per heavy atom. The molecule has 3 aromatic rings. The fourth-order valence-corrected chi connectivity index (χ4v) is 7.13. The molecule has 4 rings (SSSR count). The van der Waals surface area contributed by atoms with Crippen LogP contribution in [0.3, 0.4) is 0 Å². The molecule has 0 bridgehead atoms. The Morgan fingerprint density at radius 2 is 1.90 bits per heavy atom. The van der Waals surface area contributed by atoms with Crippen LogP contribution in [0.4, 0.5) is 0 Å². The second-order valence-electron chi connectivity index (χ2n) is 10.7. The maximum absolute atomic E-state index is 13.7. The van der Waals surface area contributed by atoms with Gasteiger partial charge < -0.3 is 15.2 Å². The molecule has 0 radical (unpaired) electrons. The largest absolute Gasteiger partial charge is 0.493 e. The Kier molecular flexibility index (Phi) is 12.2. The van der Waals surface area contributed by atoms with E-state index in [1.807, 2.05) is 71.0 Å². The van der Waals surface area contributed by atoms with Crippen LogP contribution in [0.15, 0.2) is 77.8 Å². The molecule has 2 heterocycles. The zero-order chi connectivity index (χ0) is 29.0. The predicted octanol–water partition coefficient (Wildman–Crippen LogP) is 4.45. The van der Waals surface area contributed by atoms with Crippen molar-refractivity contribution in [3.8, 4) is 5.75 Å². The molecule has 3 atom stereocenters. The van der Waals surface area contributed by atoms with E-state index in [1.54, 1.807) is 18.0 Å². The van der Waals surface area contributed by atoms with Gasteiger partial charge in [-0.3, -0.25) is 9.78 Å². The van der Waals surface area contributed by atoms with Crippen molar-refractivity contribution in [2.75, 3.05) is 31.2 Å². The van der Waals surface area contributed by atoms with E-state index in [-0.39, 0.29) is 18.4 Å². The first-order valence-electron chi connectivity index (χ1n) is 14.3. The molecule has 7 nitrogen and oxygen atoms in total. The zero-order valence-electron chi connectivity index (χ0n) is 23.9. The summed E-state index contributed by atoms with van der Waals surface area (Å²) in [5, 5.41) is 14.6. The van der Waals surface area contributed by atoms with E-state index in [0.29, 0.717) is 36.6 Å². The Bertz CT molecular complexity index is 1260. The summed E-state index contributed by atoms with van der Waals surface area (Å²) in [6.45, 7) is 5.51. The molecule has 1 aliphatic heterocycles. The van der Waals surface area contributed by atoms with Gasteiger partial charge in [0.15, 0.2) is 0 Å². The number of hydrogen-bond acceptors (Lipinski definition) is 6. The summed E-state index contributed by atoms with van der Waals surface area (Å²) in [7, 11) is -1.46. The van der Waals surface area contributed by atoms with Gasteiger partial charge in [0.1, 0.15) is 16.7 Å². The molecule has 0 saturated carbocycles. The van der Waals surface area contributed by atoms with Crippen LogP contribution in [0.1, 0.15) is 37.1 Å². The Labute approximate surface area is 250 Å². The number of amides is 1. The van der Waals surface area contributed by atoms with Gasteiger partial charge in [-0.05, 0) is 66.0 Å². The van der Waals surface area contributed by atoms with Crippen LogP contribution in [0.25, 0.3) is 0 Å². The number of pyridine rings is 1. The van der Waals surface area contributed by atoms with Crippen molar-refractivity contribution in [3.63, 3.8) is 0 Å². The van der Waals surface area contributed by atoms with Crippen LogP contribution in [0, 0.1) is 5.92 Å². The molecule has 9 heteroatoms. The Balaban J connectivity index is 1.38. The van der Waals surface area contributed by atoms with Gasteiger partial charge in [0, 0.05) is 43.6 Å². The lowest BCUT2D eigenvalue weighted by Crippen LogP contribution is -2.50. The SMILES string of the molecule is CC(C)CN(C[C@@H](O)[C@H](Cc1ccccc1)NC(=O)CCSCCc1ccccn1)S(=O)c1ccc2c(c1)CCO2. The van der Waals surface area contributed by atoms with E-state index >= 15 is 0 Å². The number of aromatic nitrogens is 1. The van der Waals surface area contributed by atoms with Crippen LogP contribution in [0.5, 0.6) is 5.75 Å². The van der Waals surface area contributed by atoms with Gasteiger partial charge in [-0.25, -0.2) is 8.51 Å². The number of carbonyl (C=O) groups is 1. The average molecular weight is 596 g/mol. The molecule has 1 amide bonds. The lowest BCUT2D eigenvalue weighted by Gasteiger charge is -2.30. The molecule has 0 spiro atoms. The monoisotopic (exact) mass is 595 g/mol. The van der Waals surface area contributed by atoms with Gasteiger partial charge in [0.05, 0.1) is 23.6 Å². The summed E-state index contributed by atoms with van der Waals surface area (Å²) in [6, 6.07) is 20.9. The van der Waals surface area contributed by atoms with Gasteiger partial charge in [-0.1, -0.05) is 50.2 Å². The van der Waals surface area contributed by atoms with E-state index in [4.69, 9.17) is 4.74 Å². The average Bonchev–Trinajstić information content (AvgIpc) is 3.45. The quantitative estimate of drug-likeness (QED) is 0.238. The Morgan fingerprint density at radius 1 is 1.10 bits per heavy atom. The first kappa shape index (κ1) is 31.2. The molecule has 0 fully saturated rings. The minimum absolute atomic E-state index is 0.0922. The van der Waals surface area contributed by atoms with Gasteiger partial charge in [-0.2, -0.15) is 11.8 Å². The van der Waals surface area contributed by atoms with Crippen molar-refractivity contribution in [2.24, 2.45) is 5.92 Å². The molecule has 220 valence electrons. The molecule has 2 N–H and O–H groups in total. The van der Waals surface area contributed by atoms with Gasteiger partial charge in [0.2, 0.25) is 5.91 Å². The fourth-order valence-electron chi connectivity index (χ4n) is 4.79. The van der Waals surface area contributed by atoms with Crippen LogP contribution in [-0.2, 0) is 35.0 Å². The van der Waals surface area contributed by atoms with Crippen molar-refractivity contribution in [2.45, 2.75) is 56.6 Å². The molecule has 41 heavy (non-hydrogen) atoms. The highest BCUT2D eigenvalue weighted by Crippen LogP contribution is 2.28. The molecule has 2 aromatic carbocycles. The summed E-state index contributed by atoms with van der Waals surface area (Å²) in [5.41, 5.74) is 3.14. The van der Waals surface area contributed by atoms with E-state index in [2.05, 4.69) is 24.1 Å². The molecule has 0 aliphatic carbocycles. The lowest BCUT2D eigenvalue weighted by atomic mass is 10.0. The number of thioether (sulfide) groups is 1. The number of aryl methyl sites for hydroxylation is 1. The topological polar surface area (TPSA) is 91.8 Å². The number of hydrogen-bond donors (Lipinski definition) is 2. The first-order valence-corrected chi connectivity index (χ1v) is 16.6. The highest BCUT2D eigenvalue weighted by Gasteiger charge is 2.28. The highest BCUT2D eigenvalue weighted by atomic mass is 32.2. The van der Waals surface area contributed by atoms with Crippen LogP contribution in [0.2, 0.25) is 0 Å². The summed E-state index contributed by atoms with van der Waals surface area (Å²) in [5.74, 6) is 2.59. The molecule has 1 aromatic heterocycles. The lowest BCUT2D eigenvalue weighted by molar-refractivity contribution is -0.122. The molecular weight excluding hydrogens is 555 g/mol. The second kappa shape index (κ2) is 16.1. The molecular formula is C32H41N3O4S2. The number of aliphatic hydroxyl groups excluding tert-OH is 1. The summed E-state index contributed by atoms with van der Waals surface area (Å²) in [6.07, 6.45) is 3.41. The van der Waals surface area contributed by atoms with Crippen molar-refractivity contribution in [1.82, 2.24) is 14.6 Å². The van der Waals surface area contributed by atoms with Crippen LogP contribution < -0.4 is 10.1 Å². The third-order valence-electron chi connectivity index (χ3n) is 6.87. The van der Waals surface area contributed by atoms with Gasteiger partial charge in [0.25, 0.3) is 0 Å². The van der Waals surface area contributed by atoms with E-state index in [1.165, 1.54) is 0 Å². The van der Waals surface area contributed by atoms with Crippen molar-refractivity contribution in [1.29, 1.82) is 0 Å². The third-order valence-corrected chi connectivity index (χ3v) is 9.28. The summed E-state index contributed by atoms with van der Waals surface area (Å²) in [4.78, 5) is 18.0. The van der Waals surface area contributed by atoms with Crippen molar-refractivity contribution < 1.29 is 18.8 Å². The minimum Gasteiger partial charge on any atom is -0.493 e. The maximum atomic E-state index is 13.7. The number of carbonyl (C=O) groups excluding carboxylic acids is 1. The van der Waals surface area contributed by atoms with Crippen LogP contribution in [-0.4, -0.2) is 67.9 Å². The second-order valence-corrected chi connectivity index (χ2v) is 13.4. The van der Waals surface area contributed by atoms with E-state index in [9.17, 15) is 14.1 Å².